The standard InChI is InChI=1S/C11H17F3N2O/c1-3-10(17)16(4-2)9-5-6-15(7-9)8-11(12,13)14/h3,9H,1,4-8H2,2H3. The maximum absolute atomic E-state index is 12.2. The van der Waals surface area contributed by atoms with Gasteiger partial charge in [-0.2, -0.15) is 13.2 Å². The largest absolute Gasteiger partial charge is 0.401 e. The van der Waals surface area contributed by atoms with Gasteiger partial charge in [-0.05, 0) is 19.4 Å². The predicted octanol–water partition coefficient (Wildman–Crippen LogP) is 1.66. The third kappa shape index (κ3) is 4.03. The Balaban J connectivity index is 2.54. The van der Waals surface area contributed by atoms with E-state index in [4.69, 9.17) is 0 Å². The van der Waals surface area contributed by atoms with E-state index in [2.05, 4.69) is 6.58 Å². The third-order valence-corrected chi connectivity index (χ3v) is 2.89. The van der Waals surface area contributed by atoms with Crippen LogP contribution < -0.4 is 0 Å². The Hall–Kier alpha value is -1.04. The van der Waals surface area contributed by atoms with E-state index in [0.29, 0.717) is 19.5 Å². The molecule has 0 bridgehead atoms. The number of carbonyl (C=O) groups excluding carboxylic acids is 1. The van der Waals surface area contributed by atoms with Crippen LogP contribution >= 0.6 is 0 Å². The van der Waals surface area contributed by atoms with Gasteiger partial charge in [0.1, 0.15) is 0 Å². The van der Waals surface area contributed by atoms with Crippen molar-refractivity contribution in [1.29, 1.82) is 0 Å². The van der Waals surface area contributed by atoms with Crippen LogP contribution in [0.4, 0.5) is 13.2 Å². The van der Waals surface area contributed by atoms with Crippen molar-refractivity contribution in [3.63, 3.8) is 0 Å². The van der Waals surface area contributed by atoms with Crippen LogP contribution in [0.1, 0.15) is 13.3 Å². The molecule has 1 fully saturated rings. The summed E-state index contributed by atoms with van der Waals surface area (Å²) in [5.41, 5.74) is 0. The molecule has 98 valence electrons. The molecule has 1 saturated heterocycles. The summed E-state index contributed by atoms with van der Waals surface area (Å²) in [7, 11) is 0. The Morgan fingerprint density at radius 3 is 2.71 bits per heavy atom. The molecular weight excluding hydrogens is 233 g/mol. The van der Waals surface area contributed by atoms with Gasteiger partial charge >= 0.3 is 6.18 Å². The maximum Gasteiger partial charge on any atom is 0.401 e. The second-order valence-corrected chi connectivity index (χ2v) is 4.12. The van der Waals surface area contributed by atoms with Crippen LogP contribution in [0, 0.1) is 0 Å². The van der Waals surface area contributed by atoms with E-state index < -0.39 is 12.7 Å². The third-order valence-electron chi connectivity index (χ3n) is 2.89. The summed E-state index contributed by atoms with van der Waals surface area (Å²) in [6.07, 6.45) is -2.38. The van der Waals surface area contributed by atoms with Gasteiger partial charge in [0, 0.05) is 25.7 Å². The molecule has 6 heteroatoms. The van der Waals surface area contributed by atoms with Crippen molar-refractivity contribution in [3.8, 4) is 0 Å². The zero-order valence-electron chi connectivity index (χ0n) is 9.83. The number of likely N-dealkylation sites (N-methyl/N-ethyl adjacent to an activating group) is 1. The lowest BCUT2D eigenvalue weighted by atomic mass is 10.2. The summed E-state index contributed by atoms with van der Waals surface area (Å²) in [4.78, 5) is 14.4. The van der Waals surface area contributed by atoms with Crippen LogP contribution in [0.2, 0.25) is 0 Å². The number of hydrogen-bond donors (Lipinski definition) is 0. The number of nitrogens with zero attached hydrogens (tertiary/aromatic N) is 2. The highest BCUT2D eigenvalue weighted by molar-refractivity contribution is 5.87. The fraction of sp³-hybridized carbons (Fsp3) is 0.727. The molecule has 1 aliphatic rings. The molecule has 0 aromatic rings. The van der Waals surface area contributed by atoms with Crippen LogP contribution in [-0.2, 0) is 4.79 Å². The van der Waals surface area contributed by atoms with Crippen LogP contribution in [0.3, 0.4) is 0 Å². The van der Waals surface area contributed by atoms with Crippen LogP contribution in [0.15, 0.2) is 12.7 Å². The van der Waals surface area contributed by atoms with E-state index in [1.807, 2.05) is 6.92 Å². The number of carbonyl (C=O) groups is 1. The van der Waals surface area contributed by atoms with Gasteiger partial charge in [-0.3, -0.25) is 9.69 Å². The van der Waals surface area contributed by atoms with E-state index in [9.17, 15) is 18.0 Å². The monoisotopic (exact) mass is 250 g/mol. The van der Waals surface area contributed by atoms with E-state index >= 15 is 0 Å². The zero-order valence-corrected chi connectivity index (χ0v) is 9.83. The Morgan fingerprint density at radius 2 is 2.24 bits per heavy atom. The van der Waals surface area contributed by atoms with Crippen LogP contribution in [0.25, 0.3) is 0 Å². The quantitative estimate of drug-likeness (QED) is 0.708. The first-order chi connectivity index (χ1) is 7.87. The van der Waals surface area contributed by atoms with Crippen molar-refractivity contribution < 1.29 is 18.0 Å². The lowest BCUT2D eigenvalue weighted by molar-refractivity contribution is -0.144. The van der Waals surface area contributed by atoms with Crippen LogP contribution in [-0.4, -0.2) is 54.1 Å². The highest BCUT2D eigenvalue weighted by atomic mass is 19.4. The molecule has 3 nitrogen and oxygen atoms in total. The number of hydrogen-bond acceptors (Lipinski definition) is 2. The number of alkyl halides is 3. The Morgan fingerprint density at radius 1 is 1.59 bits per heavy atom. The molecule has 0 aromatic heterocycles. The Kier molecular flexibility index (Phi) is 4.56. The van der Waals surface area contributed by atoms with Crippen molar-refractivity contribution >= 4 is 5.91 Å². The summed E-state index contributed by atoms with van der Waals surface area (Å²) >= 11 is 0. The van der Waals surface area contributed by atoms with Crippen molar-refractivity contribution in [3.05, 3.63) is 12.7 Å². The Labute approximate surface area is 98.9 Å². The molecular formula is C11H17F3N2O. The average Bonchev–Trinajstić information content (AvgIpc) is 2.64. The lowest BCUT2D eigenvalue weighted by Crippen LogP contribution is -2.42. The van der Waals surface area contributed by atoms with Gasteiger partial charge in [-0.15, -0.1) is 0 Å². The summed E-state index contributed by atoms with van der Waals surface area (Å²) < 4.78 is 36.6. The van der Waals surface area contributed by atoms with Gasteiger partial charge in [-0.1, -0.05) is 6.58 Å². The topological polar surface area (TPSA) is 23.6 Å². The highest BCUT2D eigenvalue weighted by Gasteiger charge is 2.36. The zero-order chi connectivity index (χ0) is 13.1. The van der Waals surface area contributed by atoms with E-state index in [-0.39, 0.29) is 18.5 Å². The lowest BCUT2D eigenvalue weighted by Gasteiger charge is -2.27. The van der Waals surface area contributed by atoms with E-state index in [0.717, 1.165) is 0 Å². The molecule has 17 heavy (non-hydrogen) atoms. The summed E-state index contributed by atoms with van der Waals surface area (Å²) in [6.45, 7) is 5.47. The Bertz CT molecular complexity index is 291. The minimum absolute atomic E-state index is 0.132. The summed E-state index contributed by atoms with van der Waals surface area (Å²) in [6, 6.07) is -0.132. The first kappa shape index (κ1) is 14.0. The number of amides is 1. The van der Waals surface area contributed by atoms with Gasteiger partial charge in [-0.25, -0.2) is 0 Å². The number of rotatable bonds is 4. The fourth-order valence-corrected chi connectivity index (χ4v) is 2.17. The second kappa shape index (κ2) is 5.53. The van der Waals surface area contributed by atoms with Gasteiger partial charge in [0.25, 0.3) is 0 Å². The molecule has 0 aromatic carbocycles. The van der Waals surface area contributed by atoms with Crippen LogP contribution in [0.5, 0.6) is 0 Å². The van der Waals surface area contributed by atoms with Crippen molar-refractivity contribution in [2.24, 2.45) is 0 Å². The molecule has 1 aliphatic heterocycles. The SMILES string of the molecule is C=CC(=O)N(CC)C1CCN(CC(F)(F)F)C1. The van der Waals surface area contributed by atoms with Crippen molar-refractivity contribution in [2.45, 2.75) is 25.6 Å². The van der Waals surface area contributed by atoms with E-state index in [1.54, 1.807) is 4.90 Å². The highest BCUT2D eigenvalue weighted by Crippen LogP contribution is 2.22. The smallest absolute Gasteiger partial charge is 0.335 e. The second-order valence-electron chi connectivity index (χ2n) is 4.12. The molecule has 0 aliphatic carbocycles. The molecule has 1 rings (SSSR count). The fourth-order valence-electron chi connectivity index (χ4n) is 2.17. The van der Waals surface area contributed by atoms with Gasteiger partial charge in [0.2, 0.25) is 5.91 Å². The molecule has 1 unspecified atom stereocenters. The van der Waals surface area contributed by atoms with Crippen molar-refractivity contribution in [1.82, 2.24) is 9.80 Å². The maximum atomic E-state index is 12.2. The molecule has 0 radical (unpaired) electrons. The van der Waals surface area contributed by atoms with E-state index in [1.165, 1.54) is 11.0 Å². The normalized spacial score (nSPS) is 21.5. The van der Waals surface area contributed by atoms with Crippen molar-refractivity contribution in [2.75, 3.05) is 26.2 Å². The first-order valence-electron chi connectivity index (χ1n) is 5.59. The molecule has 1 heterocycles. The minimum Gasteiger partial charge on any atom is -0.335 e. The molecule has 1 atom stereocenters. The summed E-state index contributed by atoms with van der Waals surface area (Å²) in [5.74, 6) is -0.216. The average molecular weight is 250 g/mol. The minimum atomic E-state index is -4.17. The molecule has 0 N–H and O–H groups in total. The van der Waals surface area contributed by atoms with Gasteiger partial charge in [0.15, 0.2) is 0 Å². The number of likely N-dealkylation sites (tertiary alicyclic amines) is 1. The number of halogens is 3. The first-order valence-corrected chi connectivity index (χ1v) is 5.59. The van der Waals surface area contributed by atoms with Gasteiger partial charge < -0.3 is 4.90 Å². The molecule has 1 amide bonds. The molecule has 0 spiro atoms. The predicted molar refractivity (Wildman–Crippen MR) is 58.5 cm³/mol. The molecule has 0 saturated carbocycles. The summed E-state index contributed by atoms with van der Waals surface area (Å²) in [5, 5.41) is 0. The van der Waals surface area contributed by atoms with Gasteiger partial charge in [0.05, 0.1) is 6.54 Å².